The molecule has 0 heterocycles. The van der Waals surface area contributed by atoms with Crippen LogP contribution in [0.1, 0.15) is 32.6 Å². The predicted molar refractivity (Wildman–Crippen MR) is 64.0 cm³/mol. The molecule has 1 aliphatic carbocycles. The normalized spacial score (nSPS) is 27.4. The summed E-state index contributed by atoms with van der Waals surface area (Å²) in [6.07, 6.45) is 3.83. The van der Waals surface area contributed by atoms with E-state index in [9.17, 15) is 4.79 Å². The Balaban J connectivity index is 2.19. The summed E-state index contributed by atoms with van der Waals surface area (Å²) >= 11 is 0. The number of methoxy groups -OCH3 is 1. The minimum Gasteiger partial charge on any atom is -0.384 e. The van der Waals surface area contributed by atoms with Gasteiger partial charge in [0, 0.05) is 25.6 Å². The lowest BCUT2D eigenvalue weighted by atomic mass is 9.86. The van der Waals surface area contributed by atoms with Gasteiger partial charge in [-0.3, -0.25) is 4.79 Å². The lowest BCUT2D eigenvalue weighted by Gasteiger charge is -2.25. The number of nitrogens with one attached hydrogen (secondary N) is 1. The van der Waals surface area contributed by atoms with Crippen molar-refractivity contribution in [2.75, 3.05) is 20.3 Å². The van der Waals surface area contributed by atoms with Crippen molar-refractivity contribution in [3.05, 3.63) is 0 Å². The lowest BCUT2D eigenvalue weighted by molar-refractivity contribution is -0.126. The molecule has 0 aromatic heterocycles. The smallest absolute Gasteiger partial charge is 0.223 e. The molecule has 0 saturated heterocycles. The van der Waals surface area contributed by atoms with Gasteiger partial charge in [0.2, 0.25) is 5.91 Å². The second-order valence-corrected chi connectivity index (χ2v) is 4.92. The molecule has 3 N–H and O–H groups in total. The third-order valence-electron chi connectivity index (χ3n) is 3.22. The zero-order valence-electron chi connectivity index (χ0n) is 10.4. The summed E-state index contributed by atoms with van der Waals surface area (Å²) in [5.41, 5.74) is 5.81. The average molecular weight is 228 g/mol. The van der Waals surface area contributed by atoms with Crippen LogP contribution in [0.15, 0.2) is 0 Å². The Bertz CT molecular complexity index is 213. The molecule has 1 atom stereocenters. The van der Waals surface area contributed by atoms with Crippen LogP contribution in [0.3, 0.4) is 0 Å². The molecule has 4 nitrogen and oxygen atoms in total. The monoisotopic (exact) mass is 228 g/mol. The van der Waals surface area contributed by atoms with Crippen LogP contribution in [0, 0.1) is 11.8 Å². The molecule has 1 saturated carbocycles. The Kier molecular flexibility index (Phi) is 5.77. The van der Waals surface area contributed by atoms with Gasteiger partial charge in [-0.2, -0.15) is 0 Å². The van der Waals surface area contributed by atoms with Gasteiger partial charge >= 0.3 is 0 Å². The fourth-order valence-corrected chi connectivity index (χ4v) is 2.14. The van der Waals surface area contributed by atoms with E-state index in [2.05, 4.69) is 12.2 Å². The van der Waals surface area contributed by atoms with E-state index in [0.717, 1.165) is 25.7 Å². The highest BCUT2D eigenvalue weighted by atomic mass is 16.5. The van der Waals surface area contributed by atoms with Gasteiger partial charge in [0.05, 0.1) is 6.61 Å². The molecule has 0 aromatic carbocycles. The summed E-state index contributed by atoms with van der Waals surface area (Å²) in [5.74, 6) is 0.740. The van der Waals surface area contributed by atoms with E-state index >= 15 is 0 Å². The average Bonchev–Trinajstić information content (AvgIpc) is 2.27. The molecule has 0 spiro atoms. The van der Waals surface area contributed by atoms with E-state index in [1.807, 2.05) is 0 Å². The van der Waals surface area contributed by atoms with E-state index in [1.165, 1.54) is 0 Å². The van der Waals surface area contributed by atoms with E-state index in [-0.39, 0.29) is 11.8 Å². The van der Waals surface area contributed by atoms with Gasteiger partial charge in [0.15, 0.2) is 0 Å². The molecule has 94 valence electrons. The number of ether oxygens (including phenoxy) is 1. The quantitative estimate of drug-likeness (QED) is 0.735. The molecule has 16 heavy (non-hydrogen) atoms. The van der Waals surface area contributed by atoms with Crippen LogP contribution < -0.4 is 11.1 Å². The Hall–Kier alpha value is -0.610. The molecule has 0 aliphatic heterocycles. The van der Waals surface area contributed by atoms with Crippen molar-refractivity contribution in [3.63, 3.8) is 0 Å². The number of nitrogens with two attached hydrogens (primary N) is 1. The molecule has 1 fully saturated rings. The van der Waals surface area contributed by atoms with Crippen molar-refractivity contribution in [1.82, 2.24) is 5.32 Å². The van der Waals surface area contributed by atoms with Crippen LogP contribution in [0.4, 0.5) is 0 Å². The van der Waals surface area contributed by atoms with Crippen LogP contribution in [0.5, 0.6) is 0 Å². The number of amides is 1. The fourth-order valence-electron chi connectivity index (χ4n) is 2.14. The number of hydrogen-bond acceptors (Lipinski definition) is 3. The van der Waals surface area contributed by atoms with Crippen LogP contribution in [-0.2, 0) is 9.53 Å². The van der Waals surface area contributed by atoms with Gasteiger partial charge in [-0.25, -0.2) is 0 Å². The first-order valence-electron chi connectivity index (χ1n) is 6.15. The van der Waals surface area contributed by atoms with Gasteiger partial charge in [-0.1, -0.05) is 6.92 Å². The molecular weight excluding hydrogens is 204 g/mol. The van der Waals surface area contributed by atoms with Gasteiger partial charge in [0.1, 0.15) is 0 Å². The Morgan fingerprint density at radius 2 is 2.06 bits per heavy atom. The van der Waals surface area contributed by atoms with E-state index in [1.54, 1.807) is 7.11 Å². The maximum atomic E-state index is 11.8. The van der Waals surface area contributed by atoms with Crippen LogP contribution >= 0.6 is 0 Å². The van der Waals surface area contributed by atoms with Gasteiger partial charge < -0.3 is 15.8 Å². The highest BCUT2D eigenvalue weighted by Crippen LogP contribution is 2.23. The SMILES string of the molecule is COCC(C)CNC(=O)C1CCC(N)CC1. The molecule has 4 heteroatoms. The van der Waals surface area contributed by atoms with E-state index in [0.29, 0.717) is 25.1 Å². The molecule has 1 amide bonds. The van der Waals surface area contributed by atoms with Crippen molar-refractivity contribution in [2.45, 2.75) is 38.6 Å². The standard InChI is InChI=1S/C12H24N2O2/c1-9(8-16-2)7-14-12(15)10-3-5-11(13)6-4-10/h9-11H,3-8,13H2,1-2H3,(H,14,15). The van der Waals surface area contributed by atoms with Crippen LogP contribution in [-0.4, -0.2) is 32.2 Å². The zero-order chi connectivity index (χ0) is 12.0. The van der Waals surface area contributed by atoms with E-state index in [4.69, 9.17) is 10.5 Å². The molecule has 0 bridgehead atoms. The first kappa shape index (κ1) is 13.5. The first-order chi connectivity index (χ1) is 7.63. The second kappa shape index (κ2) is 6.86. The van der Waals surface area contributed by atoms with Gasteiger partial charge in [-0.05, 0) is 31.6 Å². The highest BCUT2D eigenvalue weighted by Gasteiger charge is 2.24. The summed E-state index contributed by atoms with van der Waals surface area (Å²) in [6, 6.07) is 0.302. The van der Waals surface area contributed by atoms with Crippen molar-refractivity contribution in [2.24, 2.45) is 17.6 Å². The second-order valence-electron chi connectivity index (χ2n) is 4.92. The first-order valence-corrected chi connectivity index (χ1v) is 6.15. The summed E-state index contributed by atoms with van der Waals surface area (Å²) < 4.78 is 5.03. The number of hydrogen-bond donors (Lipinski definition) is 2. The molecule has 0 radical (unpaired) electrons. The Morgan fingerprint density at radius 3 is 2.62 bits per heavy atom. The minimum atomic E-state index is 0.176. The van der Waals surface area contributed by atoms with Crippen molar-refractivity contribution >= 4 is 5.91 Å². The third-order valence-corrected chi connectivity index (χ3v) is 3.22. The summed E-state index contributed by atoms with van der Waals surface area (Å²) in [6.45, 7) is 3.46. The Morgan fingerprint density at radius 1 is 1.44 bits per heavy atom. The topological polar surface area (TPSA) is 64.3 Å². The third kappa shape index (κ3) is 4.49. The molecule has 1 aliphatic rings. The summed E-state index contributed by atoms with van der Waals surface area (Å²) in [4.78, 5) is 11.8. The minimum absolute atomic E-state index is 0.176. The van der Waals surface area contributed by atoms with Crippen molar-refractivity contribution in [1.29, 1.82) is 0 Å². The molecule has 1 rings (SSSR count). The van der Waals surface area contributed by atoms with Crippen molar-refractivity contribution in [3.8, 4) is 0 Å². The van der Waals surface area contributed by atoms with Crippen LogP contribution in [0.2, 0.25) is 0 Å². The van der Waals surface area contributed by atoms with Gasteiger partial charge in [-0.15, -0.1) is 0 Å². The summed E-state index contributed by atoms with van der Waals surface area (Å²) in [5, 5.41) is 2.99. The van der Waals surface area contributed by atoms with E-state index < -0.39 is 0 Å². The highest BCUT2D eigenvalue weighted by molar-refractivity contribution is 5.78. The lowest BCUT2D eigenvalue weighted by Crippen LogP contribution is -2.38. The maximum Gasteiger partial charge on any atom is 0.223 e. The molecule has 0 aromatic rings. The Labute approximate surface area is 97.9 Å². The largest absolute Gasteiger partial charge is 0.384 e. The molecular formula is C12H24N2O2. The number of carbonyl (C=O) groups excluding carboxylic acids is 1. The predicted octanol–water partition coefficient (Wildman–Crippen LogP) is 0.903. The fraction of sp³-hybridized carbons (Fsp3) is 0.917. The zero-order valence-corrected chi connectivity index (χ0v) is 10.4. The summed E-state index contributed by atoms with van der Waals surface area (Å²) in [7, 11) is 1.68. The van der Waals surface area contributed by atoms with Crippen LogP contribution in [0.25, 0.3) is 0 Å². The van der Waals surface area contributed by atoms with Gasteiger partial charge in [0.25, 0.3) is 0 Å². The number of rotatable bonds is 5. The van der Waals surface area contributed by atoms with Crippen molar-refractivity contribution < 1.29 is 9.53 Å². The molecule has 1 unspecified atom stereocenters. The maximum absolute atomic E-state index is 11.8. The number of carbonyl (C=O) groups is 1.